The Morgan fingerprint density at radius 1 is 1.41 bits per heavy atom. The number of pyridine rings is 1. The van der Waals surface area contributed by atoms with Crippen LogP contribution in [0.3, 0.4) is 0 Å². The predicted molar refractivity (Wildman–Crippen MR) is 75.1 cm³/mol. The smallest absolute Gasteiger partial charge is 0.350 e. The molecule has 10 nitrogen and oxygen atoms in total. The van der Waals surface area contributed by atoms with E-state index in [0.717, 1.165) is 0 Å². The summed E-state index contributed by atoms with van der Waals surface area (Å²) in [4.78, 5) is 22.0. The van der Waals surface area contributed by atoms with Crippen LogP contribution in [-0.4, -0.2) is 46.1 Å². The zero-order chi connectivity index (χ0) is 15.7. The van der Waals surface area contributed by atoms with Crippen molar-refractivity contribution in [2.45, 2.75) is 6.61 Å². The lowest BCUT2D eigenvalue weighted by atomic mass is 10.3. The number of fused-ring (bicyclic) bond motifs is 1. The van der Waals surface area contributed by atoms with Crippen LogP contribution in [0.2, 0.25) is 5.02 Å². The van der Waals surface area contributed by atoms with Crippen LogP contribution < -0.4 is 0 Å². The molecule has 0 atom stereocenters. The fraction of sp³-hybridized carbons (Fsp3) is 0.200. The van der Waals surface area contributed by atoms with E-state index in [1.165, 1.54) is 0 Å². The number of rotatable bonds is 5. The molecule has 12 heteroatoms. The van der Waals surface area contributed by atoms with Crippen molar-refractivity contribution in [3.63, 3.8) is 0 Å². The largest absolute Gasteiger partial charge is 0.363 e. The SMILES string of the molecule is O=P(O)(O)COCc1c(Cl)ccc2nc(-c3nn[nH]n3)cn12. The Morgan fingerprint density at radius 3 is 2.91 bits per heavy atom. The number of hydrogen-bond acceptors (Lipinski definition) is 6. The Balaban J connectivity index is 1.94. The average molecular weight is 345 g/mol. The van der Waals surface area contributed by atoms with E-state index in [2.05, 4.69) is 25.6 Å². The van der Waals surface area contributed by atoms with Crippen LogP contribution in [0.15, 0.2) is 18.3 Å². The maximum Gasteiger partial charge on any atom is 0.350 e. The van der Waals surface area contributed by atoms with Crippen molar-refractivity contribution in [1.82, 2.24) is 30.0 Å². The van der Waals surface area contributed by atoms with Gasteiger partial charge in [0.2, 0.25) is 5.82 Å². The van der Waals surface area contributed by atoms with Crippen molar-refractivity contribution in [3.8, 4) is 11.5 Å². The summed E-state index contributed by atoms with van der Waals surface area (Å²) < 4.78 is 17.5. The van der Waals surface area contributed by atoms with E-state index < -0.39 is 13.9 Å². The molecule has 0 spiro atoms. The van der Waals surface area contributed by atoms with Crippen LogP contribution in [-0.2, 0) is 15.9 Å². The number of nitrogens with zero attached hydrogens (tertiary/aromatic N) is 5. The van der Waals surface area contributed by atoms with Gasteiger partial charge in [-0.05, 0) is 17.3 Å². The lowest BCUT2D eigenvalue weighted by Crippen LogP contribution is -2.02. The molecule has 0 aliphatic carbocycles. The number of aromatic amines is 1. The van der Waals surface area contributed by atoms with Crippen LogP contribution in [0.5, 0.6) is 0 Å². The van der Waals surface area contributed by atoms with Gasteiger partial charge in [0.05, 0.1) is 17.3 Å². The van der Waals surface area contributed by atoms with Gasteiger partial charge in [0.1, 0.15) is 17.7 Å². The molecule has 3 aromatic rings. The van der Waals surface area contributed by atoms with E-state index >= 15 is 0 Å². The number of nitrogens with one attached hydrogen (secondary N) is 1. The molecule has 0 saturated carbocycles. The molecule has 0 aromatic carbocycles. The van der Waals surface area contributed by atoms with Crippen LogP contribution in [0.25, 0.3) is 17.2 Å². The number of halogens is 1. The first-order valence-electron chi connectivity index (χ1n) is 5.97. The highest BCUT2D eigenvalue weighted by molar-refractivity contribution is 7.51. The fourth-order valence-corrected chi connectivity index (χ4v) is 2.40. The molecule has 3 N–H and O–H groups in total. The molecule has 0 fully saturated rings. The summed E-state index contributed by atoms with van der Waals surface area (Å²) in [5.74, 6) is 0.321. The number of ether oxygens (including phenoxy) is 1. The first-order valence-corrected chi connectivity index (χ1v) is 8.14. The van der Waals surface area contributed by atoms with Crippen LogP contribution in [0.4, 0.5) is 0 Å². The van der Waals surface area contributed by atoms with Gasteiger partial charge in [-0.25, -0.2) is 4.98 Å². The third-order valence-electron chi connectivity index (χ3n) is 2.75. The third kappa shape index (κ3) is 3.16. The van der Waals surface area contributed by atoms with E-state index in [9.17, 15) is 4.57 Å². The second kappa shape index (κ2) is 5.75. The van der Waals surface area contributed by atoms with E-state index in [-0.39, 0.29) is 6.61 Å². The summed E-state index contributed by atoms with van der Waals surface area (Å²) in [5, 5.41) is 13.9. The Hall–Kier alpha value is -1.84. The molecule has 22 heavy (non-hydrogen) atoms. The number of hydrogen-bond donors (Lipinski definition) is 3. The molecule has 0 bridgehead atoms. The molecule has 0 amide bonds. The molecule has 0 radical (unpaired) electrons. The van der Waals surface area contributed by atoms with Crippen LogP contribution >= 0.6 is 19.2 Å². The highest BCUT2D eigenvalue weighted by Crippen LogP contribution is 2.34. The van der Waals surface area contributed by atoms with Gasteiger partial charge in [-0.2, -0.15) is 5.21 Å². The van der Waals surface area contributed by atoms with Gasteiger partial charge in [-0.15, -0.1) is 10.2 Å². The molecule has 3 rings (SSSR count). The van der Waals surface area contributed by atoms with E-state index in [0.29, 0.717) is 27.9 Å². The van der Waals surface area contributed by atoms with Gasteiger partial charge >= 0.3 is 7.60 Å². The Labute approximate surface area is 128 Å². The molecule has 0 aliphatic heterocycles. The van der Waals surface area contributed by atoms with Crippen molar-refractivity contribution in [2.75, 3.05) is 6.35 Å². The monoisotopic (exact) mass is 344 g/mol. The summed E-state index contributed by atoms with van der Waals surface area (Å²) in [6.45, 7) is -0.0800. The fourth-order valence-electron chi connectivity index (χ4n) is 1.87. The summed E-state index contributed by atoms with van der Waals surface area (Å²) in [5.41, 5.74) is 1.56. The second-order valence-electron chi connectivity index (χ2n) is 4.36. The second-order valence-corrected chi connectivity index (χ2v) is 6.35. The topological polar surface area (TPSA) is 139 Å². The minimum absolute atomic E-state index is 0.0800. The first-order chi connectivity index (χ1) is 10.4. The summed E-state index contributed by atoms with van der Waals surface area (Å²) >= 11 is 6.11. The summed E-state index contributed by atoms with van der Waals surface area (Å²) in [6, 6.07) is 3.32. The molecule has 3 heterocycles. The van der Waals surface area contributed by atoms with Gasteiger partial charge in [0, 0.05) is 6.20 Å². The standard InChI is InChI=1S/C10H10ClN6O4P/c11-6-1-2-9-12-7(10-13-15-16-14-10)3-17(9)8(6)4-21-5-22(18,19)20/h1-3H,4-5H2,(H2,18,19,20)(H,13,14,15,16). The van der Waals surface area contributed by atoms with Crippen molar-refractivity contribution in [2.24, 2.45) is 0 Å². The normalized spacial score (nSPS) is 12.1. The quantitative estimate of drug-likeness (QED) is 0.578. The van der Waals surface area contributed by atoms with Crippen molar-refractivity contribution in [1.29, 1.82) is 0 Å². The van der Waals surface area contributed by atoms with Crippen molar-refractivity contribution in [3.05, 3.63) is 29.0 Å². The minimum atomic E-state index is -4.24. The van der Waals surface area contributed by atoms with Gasteiger partial charge in [0.25, 0.3) is 0 Å². The van der Waals surface area contributed by atoms with Crippen molar-refractivity contribution < 1.29 is 19.1 Å². The summed E-state index contributed by atoms with van der Waals surface area (Å²) in [7, 11) is -4.24. The lowest BCUT2D eigenvalue weighted by Gasteiger charge is -2.09. The minimum Gasteiger partial charge on any atom is -0.363 e. The summed E-state index contributed by atoms with van der Waals surface area (Å²) in [6.07, 6.45) is 0.953. The zero-order valence-electron chi connectivity index (χ0n) is 10.9. The maximum absolute atomic E-state index is 10.8. The number of aromatic nitrogens is 6. The maximum atomic E-state index is 10.8. The molecule has 0 unspecified atom stereocenters. The number of tetrazole rings is 1. The molecule has 3 aromatic heterocycles. The number of imidazole rings is 1. The molecule has 0 saturated heterocycles. The van der Waals surface area contributed by atoms with Gasteiger partial charge in [-0.1, -0.05) is 11.6 Å². The van der Waals surface area contributed by atoms with Gasteiger partial charge < -0.3 is 14.5 Å². The van der Waals surface area contributed by atoms with Gasteiger partial charge in [-0.3, -0.25) is 8.97 Å². The molecular weight excluding hydrogens is 335 g/mol. The first kappa shape index (κ1) is 15.1. The Morgan fingerprint density at radius 2 is 2.23 bits per heavy atom. The van der Waals surface area contributed by atoms with E-state index in [1.807, 2.05) is 0 Å². The molecular formula is C10H10ClN6O4P. The Bertz CT molecular complexity index is 845. The highest BCUT2D eigenvalue weighted by Gasteiger charge is 2.16. The number of H-pyrrole nitrogens is 1. The third-order valence-corrected chi connectivity index (χ3v) is 3.61. The van der Waals surface area contributed by atoms with Crippen LogP contribution in [0.1, 0.15) is 5.69 Å². The van der Waals surface area contributed by atoms with Crippen LogP contribution in [0, 0.1) is 0 Å². The molecule has 116 valence electrons. The van der Waals surface area contributed by atoms with Gasteiger partial charge in [0.15, 0.2) is 0 Å². The predicted octanol–water partition coefficient (Wildman–Crippen LogP) is 0.820. The zero-order valence-corrected chi connectivity index (χ0v) is 12.6. The lowest BCUT2D eigenvalue weighted by molar-refractivity contribution is 0.141. The molecule has 0 aliphatic rings. The van der Waals surface area contributed by atoms with Crippen molar-refractivity contribution >= 4 is 24.8 Å². The van der Waals surface area contributed by atoms with E-state index in [4.69, 9.17) is 26.1 Å². The van der Waals surface area contributed by atoms with E-state index in [1.54, 1.807) is 22.7 Å². The average Bonchev–Trinajstić information content (AvgIpc) is 3.07. The Kier molecular flexibility index (Phi) is 3.94. The highest BCUT2D eigenvalue weighted by atomic mass is 35.5.